The topological polar surface area (TPSA) is 46.3 Å². The lowest BCUT2D eigenvalue weighted by molar-refractivity contribution is 0.0577. The van der Waals surface area contributed by atoms with Crippen molar-refractivity contribution < 1.29 is 9.21 Å². The Hall–Kier alpha value is -1.66. The molecule has 0 aliphatic carbocycles. The van der Waals surface area contributed by atoms with Crippen molar-refractivity contribution in [3.63, 3.8) is 0 Å². The van der Waals surface area contributed by atoms with Crippen LogP contribution < -0.4 is 0 Å². The molecule has 4 rings (SSSR count). The Labute approximate surface area is 146 Å². The molecule has 118 valence electrons. The smallest absolute Gasteiger partial charge is 0.290 e. The van der Waals surface area contributed by atoms with E-state index in [1.807, 2.05) is 23.1 Å². The van der Waals surface area contributed by atoms with Gasteiger partial charge in [0.15, 0.2) is 10.4 Å². The number of rotatable bonds is 2. The highest BCUT2D eigenvalue weighted by Gasteiger charge is 2.32. The molecule has 1 aliphatic rings. The fourth-order valence-electron chi connectivity index (χ4n) is 3.03. The Kier molecular flexibility index (Phi) is 3.95. The van der Waals surface area contributed by atoms with Gasteiger partial charge in [0.05, 0.1) is 16.3 Å². The fourth-order valence-corrected chi connectivity index (χ4v) is 4.46. The third-order valence-electron chi connectivity index (χ3n) is 4.14. The van der Waals surface area contributed by atoms with Crippen molar-refractivity contribution in [3.8, 4) is 0 Å². The summed E-state index contributed by atoms with van der Waals surface area (Å²) in [6, 6.07) is 11.6. The van der Waals surface area contributed by atoms with Crippen molar-refractivity contribution in [1.82, 2.24) is 9.88 Å². The third-order valence-corrected chi connectivity index (χ3v) is 5.71. The van der Waals surface area contributed by atoms with E-state index in [1.165, 1.54) is 4.70 Å². The monoisotopic (exact) mass is 390 g/mol. The van der Waals surface area contributed by atoms with Crippen LogP contribution in [0.3, 0.4) is 0 Å². The number of amides is 1. The van der Waals surface area contributed by atoms with Gasteiger partial charge >= 0.3 is 0 Å². The summed E-state index contributed by atoms with van der Waals surface area (Å²) in [5.74, 6) is 0.324. The SMILES string of the molecule is O=C(c1ccc(Br)o1)N1CCCC[C@@H]1c1nc2ccccc2s1. The molecule has 1 amide bonds. The first-order valence-electron chi connectivity index (χ1n) is 7.64. The molecule has 0 radical (unpaired) electrons. The van der Waals surface area contributed by atoms with Crippen LogP contribution in [-0.2, 0) is 0 Å². The predicted octanol–water partition coefficient (Wildman–Crippen LogP) is 5.02. The molecule has 1 aliphatic heterocycles. The number of carbonyl (C=O) groups is 1. The van der Waals surface area contributed by atoms with Crippen LogP contribution in [0.2, 0.25) is 0 Å². The highest BCUT2D eigenvalue weighted by molar-refractivity contribution is 9.10. The van der Waals surface area contributed by atoms with Gasteiger partial charge in [0.2, 0.25) is 0 Å². The van der Waals surface area contributed by atoms with Crippen molar-refractivity contribution in [1.29, 1.82) is 0 Å². The molecule has 1 aromatic carbocycles. The molecule has 3 heterocycles. The van der Waals surface area contributed by atoms with E-state index >= 15 is 0 Å². The number of piperidine rings is 1. The van der Waals surface area contributed by atoms with Crippen LogP contribution in [0, 0.1) is 0 Å². The number of thiazole rings is 1. The number of halogens is 1. The normalized spacial score (nSPS) is 18.5. The van der Waals surface area contributed by atoms with Gasteiger partial charge in [-0.2, -0.15) is 0 Å². The van der Waals surface area contributed by atoms with E-state index in [9.17, 15) is 4.79 Å². The summed E-state index contributed by atoms with van der Waals surface area (Å²) in [6.07, 6.45) is 3.09. The van der Waals surface area contributed by atoms with Gasteiger partial charge in [-0.1, -0.05) is 12.1 Å². The molecule has 6 heteroatoms. The van der Waals surface area contributed by atoms with Gasteiger partial charge < -0.3 is 9.32 Å². The maximum absolute atomic E-state index is 12.8. The number of carbonyl (C=O) groups excluding carboxylic acids is 1. The second kappa shape index (κ2) is 6.09. The molecule has 23 heavy (non-hydrogen) atoms. The van der Waals surface area contributed by atoms with Crippen LogP contribution in [0.4, 0.5) is 0 Å². The number of aromatic nitrogens is 1. The number of furan rings is 1. The number of benzene rings is 1. The molecular formula is C17H15BrN2O2S. The Morgan fingerprint density at radius 3 is 2.91 bits per heavy atom. The van der Waals surface area contributed by atoms with Gasteiger partial charge in [-0.15, -0.1) is 11.3 Å². The Morgan fingerprint density at radius 2 is 2.13 bits per heavy atom. The second-order valence-electron chi connectivity index (χ2n) is 5.63. The molecule has 1 fully saturated rings. The van der Waals surface area contributed by atoms with Crippen molar-refractivity contribution in [2.24, 2.45) is 0 Å². The van der Waals surface area contributed by atoms with E-state index in [0.717, 1.165) is 36.3 Å². The van der Waals surface area contributed by atoms with Crippen LogP contribution in [0.5, 0.6) is 0 Å². The highest BCUT2D eigenvalue weighted by atomic mass is 79.9. The van der Waals surface area contributed by atoms with Crippen LogP contribution in [0.15, 0.2) is 45.5 Å². The maximum atomic E-state index is 12.8. The molecule has 0 N–H and O–H groups in total. The van der Waals surface area contributed by atoms with E-state index in [-0.39, 0.29) is 11.9 Å². The van der Waals surface area contributed by atoms with E-state index in [2.05, 4.69) is 22.0 Å². The summed E-state index contributed by atoms with van der Waals surface area (Å²) < 4.78 is 7.20. The lowest BCUT2D eigenvalue weighted by Crippen LogP contribution is -2.38. The lowest BCUT2D eigenvalue weighted by Gasteiger charge is -2.33. The highest BCUT2D eigenvalue weighted by Crippen LogP contribution is 2.36. The van der Waals surface area contributed by atoms with Gasteiger partial charge in [-0.25, -0.2) is 4.98 Å². The zero-order chi connectivity index (χ0) is 15.8. The molecule has 2 aromatic heterocycles. The van der Waals surface area contributed by atoms with Gasteiger partial charge in [0, 0.05) is 6.54 Å². The van der Waals surface area contributed by atoms with Crippen molar-refractivity contribution in [3.05, 3.63) is 51.8 Å². The van der Waals surface area contributed by atoms with Crippen LogP contribution >= 0.6 is 27.3 Å². The van der Waals surface area contributed by atoms with Crippen molar-refractivity contribution in [2.75, 3.05) is 6.54 Å². The molecule has 0 unspecified atom stereocenters. The lowest BCUT2D eigenvalue weighted by atomic mass is 10.0. The average Bonchev–Trinajstić information content (AvgIpc) is 3.20. The first-order valence-corrected chi connectivity index (χ1v) is 9.25. The average molecular weight is 391 g/mol. The third kappa shape index (κ3) is 2.81. The summed E-state index contributed by atoms with van der Waals surface area (Å²) in [6.45, 7) is 0.748. The van der Waals surface area contributed by atoms with Gasteiger partial charge in [0.25, 0.3) is 5.91 Å². The molecule has 1 saturated heterocycles. The number of fused-ring (bicyclic) bond motifs is 1. The standard InChI is InChI=1S/C17H15BrN2O2S/c18-15-9-8-13(22-15)17(21)20-10-4-3-6-12(20)16-19-11-5-1-2-7-14(11)23-16/h1-2,5,7-9,12H,3-4,6,10H2/t12-/m1/s1. The van der Waals surface area contributed by atoms with Crippen LogP contribution in [-0.4, -0.2) is 22.3 Å². The van der Waals surface area contributed by atoms with Crippen molar-refractivity contribution >= 4 is 43.4 Å². The Bertz CT molecular complexity index is 824. The van der Waals surface area contributed by atoms with Gasteiger partial charge in [0.1, 0.15) is 5.01 Å². The largest absolute Gasteiger partial charge is 0.444 e. The number of para-hydroxylation sites is 1. The van der Waals surface area contributed by atoms with E-state index in [1.54, 1.807) is 23.5 Å². The molecule has 0 saturated carbocycles. The molecule has 0 bridgehead atoms. The zero-order valence-corrected chi connectivity index (χ0v) is 14.8. The van der Waals surface area contributed by atoms with E-state index in [0.29, 0.717) is 10.4 Å². The maximum Gasteiger partial charge on any atom is 0.290 e. The van der Waals surface area contributed by atoms with Gasteiger partial charge in [-0.3, -0.25) is 4.79 Å². The summed E-state index contributed by atoms with van der Waals surface area (Å²) in [7, 11) is 0. The molecular weight excluding hydrogens is 376 g/mol. The number of nitrogens with zero attached hydrogens (tertiary/aromatic N) is 2. The minimum atomic E-state index is -0.0559. The van der Waals surface area contributed by atoms with Crippen molar-refractivity contribution in [2.45, 2.75) is 25.3 Å². The minimum Gasteiger partial charge on any atom is -0.444 e. The van der Waals surface area contributed by atoms with E-state index < -0.39 is 0 Å². The Balaban J connectivity index is 1.68. The number of likely N-dealkylation sites (tertiary alicyclic amines) is 1. The van der Waals surface area contributed by atoms with Gasteiger partial charge in [-0.05, 0) is 59.5 Å². The summed E-state index contributed by atoms with van der Waals surface area (Å²) in [5, 5.41) is 1.02. The van der Waals surface area contributed by atoms with E-state index in [4.69, 9.17) is 9.40 Å². The summed E-state index contributed by atoms with van der Waals surface area (Å²) in [5.41, 5.74) is 1.01. The number of hydrogen-bond acceptors (Lipinski definition) is 4. The molecule has 3 aromatic rings. The Morgan fingerprint density at radius 1 is 1.26 bits per heavy atom. The number of hydrogen-bond donors (Lipinski definition) is 0. The minimum absolute atomic E-state index is 0.0394. The van der Waals surface area contributed by atoms with Crippen LogP contribution in [0.1, 0.15) is 40.9 Å². The zero-order valence-electron chi connectivity index (χ0n) is 12.4. The molecule has 1 atom stereocenters. The molecule has 0 spiro atoms. The summed E-state index contributed by atoms with van der Waals surface area (Å²) >= 11 is 4.94. The first-order chi connectivity index (χ1) is 11.2. The second-order valence-corrected chi connectivity index (χ2v) is 7.48. The quantitative estimate of drug-likeness (QED) is 0.616. The fraction of sp³-hybridized carbons (Fsp3) is 0.294. The predicted molar refractivity (Wildman–Crippen MR) is 93.7 cm³/mol. The first kappa shape index (κ1) is 14.9. The summed E-state index contributed by atoms with van der Waals surface area (Å²) in [4.78, 5) is 19.5. The molecule has 4 nitrogen and oxygen atoms in total. The van der Waals surface area contributed by atoms with Crippen LogP contribution in [0.25, 0.3) is 10.2 Å².